The molecular weight excluding hydrogens is 346 g/mol. The highest BCUT2D eigenvalue weighted by Gasteiger charge is 2.16. The van der Waals surface area contributed by atoms with E-state index in [0.29, 0.717) is 28.3 Å². The van der Waals surface area contributed by atoms with Gasteiger partial charge in [-0.15, -0.1) is 0 Å². The fraction of sp³-hybridized carbons (Fsp3) is 0.250. The molecule has 2 N–H and O–H groups in total. The average molecular weight is 367 g/mol. The molecule has 1 aromatic carbocycles. The first kappa shape index (κ1) is 18.4. The van der Waals surface area contributed by atoms with Gasteiger partial charge in [0.2, 0.25) is 0 Å². The third kappa shape index (κ3) is 4.44. The van der Waals surface area contributed by atoms with Gasteiger partial charge >= 0.3 is 0 Å². The molecule has 7 heteroatoms. The van der Waals surface area contributed by atoms with Gasteiger partial charge in [-0.3, -0.25) is 9.59 Å². The van der Waals surface area contributed by atoms with Crippen LogP contribution < -0.4 is 10.6 Å². The van der Waals surface area contributed by atoms with E-state index in [0.717, 1.165) is 18.5 Å². The Kier molecular flexibility index (Phi) is 5.71. The third-order valence-electron chi connectivity index (χ3n) is 4.06. The lowest BCUT2D eigenvalue weighted by Crippen LogP contribution is -2.24. The zero-order valence-corrected chi connectivity index (χ0v) is 15.2. The molecule has 0 spiro atoms. The number of hydrogen-bond donors (Lipinski definition) is 2. The van der Waals surface area contributed by atoms with Crippen molar-refractivity contribution in [2.24, 2.45) is 0 Å². The number of rotatable bonds is 7. The third-order valence-corrected chi connectivity index (χ3v) is 4.06. The molecule has 0 radical (unpaired) electrons. The van der Waals surface area contributed by atoms with E-state index in [-0.39, 0.29) is 18.4 Å². The molecule has 0 saturated heterocycles. The predicted octanol–water partition coefficient (Wildman–Crippen LogP) is 3.71. The highest BCUT2D eigenvalue weighted by atomic mass is 16.5. The van der Waals surface area contributed by atoms with E-state index < -0.39 is 0 Å². The van der Waals surface area contributed by atoms with Gasteiger partial charge in [0.15, 0.2) is 5.76 Å². The summed E-state index contributed by atoms with van der Waals surface area (Å²) in [7, 11) is 0. The van der Waals surface area contributed by atoms with Gasteiger partial charge in [-0.25, -0.2) is 0 Å². The van der Waals surface area contributed by atoms with E-state index in [1.54, 1.807) is 37.3 Å². The van der Waals surface area contributed by atoms with Crippen molar-refractivity contribution in [3.8, 4) is 0 Å². The van der Waals surface area contributed by atoms with Crippen LogP contribution in [0.1, 0.15) is 51.3 Å². The molecule has 0 unspecified atom stereocenters. The number of nitrogens with one attached hydrogen (secondary N) is 2. The lowest BCUT2D eigenvalue weighted by molar-refractivity contribution is 0.0948. The van der Waals surface area contributed by atoms with Crippen LogP contribution in [0.25, 0.3) is 0 Å². The molecule has 2 heterocycles. The quantitative estimate of drug-likeness (QED) is 0.663. The Balaban J connectivity index is 1.68. The summed E-state index contributed by atoms with van der Waals surface area (Å²) in [5.74, 6) is 0.453. The van der Waals surface area contributed by atoms with Gasteiger partial charge in [0.25, 0.3) is 11.8 Å². The number of aromatic nitrogens is 1. The Bertz CT molecular complexity index is 942. The van der Waals surface area contributed by atoms with Gasteiger partial charge in [-0.2, -0.15) is 0 Å². The lowest BCUT2D eigenvalue weighted by atomic mass is 10.1. The first-order valence-corrected chi connectivity index (χ1v) is 8.75. The first-order valence-electron chi connectivity index (χ1n) is 8.75. The maximum Gasteiger partial charge on any atom is 0.259 e. The summed E-state index contributed by atoms with van der Waals surface area (Å²) in [5, 5.41) is 9.50. The largest absolute Gasteiger partial charge is 0.469 e. The normalized spacial score (nSPS) is 10.6. The van der Waals surface area contributed by atoms with E-state index in [2.05, 4.69) is 22.7 Å². The van der Waals surface area contributed by atoms with Crippen LogP contribution in [0, 0.1) is 6.92 Å². The monoisotopic (exact) mass is 367 g/mol. The Hall–Kier alpha value is -3.35. The molecule has 140 valence electrons. The smallest absolute Gasteiger partial charge is 0.259 e. The van der Waals surface area contributed by atoms with E-state index in [1.165, 1.54) is 6.26 Å². The zero-order chi connectivity index (χ0) is 19.2. The minimum atomic E-state index is -0.332. The molecule has 0 aliphatic heterocycles. The predicted molar refractivity (Wildman–Crippen MR) is 99.5 cm³/mol. The highest BCUT2D eigenvalue weighted by Crippen LogP contribution is 2.18. The summed E-state index contributed by atoms with van der Waals surface area (Å²) >= 11 is 0. The van der Waals surface area contributed by atoms with E-state index in [1.807, 2.05) is 6.07 Å². The number of carbonyl (C=O) groups excluding carboxylic acids is 2. The Labute approximate surface area is 156 Å². The van der Waals surface area contributed by atoms with Crippen molar-refractivity contribution in [2.45, 2.75) is 33.2 Å². The van der Waals surface area contributed by atoms with E-state index >= 15 is 0 Å². The Morgan fingerprint density at radius 2 is 1.93 bits per heavy atom. The summed E-state index contributed by atoms with van der Waals surface area (Å²) in [4.78, 5) is 25.0. The maximum atomic E-state index is 12.6. The van der Waals surface area contributed by atoms with Crippen molar-refractivity contribution in [1.82, 2.24) is 10.5 Å². The van der Waals surface area contributed by atoms with Gasteiger partial charge in [-0.05, 0) is 31.5 Å². The van der Waals surface area contributed by atoms with Crippen LogP contribution in [-0.2, 0) is 13.0 Å². The van der Waals surface area contributed by atoms with Gasteiger partial charge in [0.05, 0.1) is 35.3 Å². The average Bonchev–Trinajstić information content (AvgIpc) is 3.29. The van der Waals surface area contributed by atoms with Crippen molar-refractivity contribution in [3.63, 3.8) is 0 Å². The van der Waals surface area contributed by atoms with Crippen LogP contribution in [0.4, 0.5) is 5.69 Å². The number of nitrogens with zero attached hydrogens (tertiary/aromatic N) is 1. The number of benzene rings is 1. The zero-order valence-electron chi connectivity index (χ0n) is 15.2. The summed E-state index contributed by atoms with van der Waals surface area (Å²) in [5.41, 5.74) is 2.07. The molecule has 2 amide bonds. The SMILES string of the molecule is CCCc1cc(CNC(=O)c2ccccc2NC(=O)c2ccoc2C)on1. The van der Waals surface area contributed by atoms with Gasteiger partial charge in [0.1, 0.15) is 5.76 Å². The highest BCUT2D eigenvalue weighted by molar-refractivity contribution is 6.09. The molecule has 3 aromatic rings. The number of para-hydroxylation sites is 1. The topological polar surface area (TPSA) is 97.4 Å². The van der Waals surface area contributed by atoms with Crippen molar-refractivity contribution in [2.75, 3.05) is 5.32 Å². The fourth-order valence-electron chi connectivity index (χ4n) is 2.68. The van der Waals surface area contributed by atoms with Crippen LogP contribution in [0.2, 0.25) is 0 Å². The second kappa shape index (κ2) is 8.35. The number of furan rings is 1. The Morgan fingerprint density at radius 3 is 2.67 bits per heavy atom. The molecule has 0 atom stereocenters. The van der Waals surface area contributed by atoms with Crippen LogP contribution >= 0.6 is 0 Å². The van der Waals surface area contributed by atoms with Crippen LogP contribution in [0.3, 0.4) is 0 Å². The molecule has 27 heavy (non-hydrogen) atoms. The van der Waals surface area contributed by atoms with Crippen LogP contribution in [0.15, 0.2) is 51.6 Å². The fourth-order valence-corrected chi connectivity index (χ4v) is 2.68. The summed E-state index contributed by atoms with van der Waals surface area (Å²) < 4.78 is 10.4. The number of anilines is 1. The molecule has 0 aliphatic carbocycles. The second-order valence-corrected chi connectivity index (χ2v) is 6.11. The number of hydrogen-bond acceptors (Lipinski definition) is 5. The molecule has 3 rings (SSSR count). The van der Waals surface area contributed by atoms with Gasteiger partial charge < -0.3 is 19.6 Å². The molecular formula is C20H21N3O4. The Morgan fingerprint density at radius 1 is 1.11 bits per heavy atom. The van der Waals surface area contributed by atoms with Gasteiger partial charge in [0, 0.05) is 6.07 Å². The minimum Gasteiger partial charge on any atom is -0.469 e. The molecule has 0 fully saturated rings. The standard InChI is InChI=1S/C20H21N3O4/c1-3-6-14-11-15(27-23-14)12-21-19(24)17-7-4-5-8-18(17)22-20(25)16-9-10-26-13(16)2/h4-5,7-11H,3,6,12H2,1-2H3,(H,21,24)(H,22,25). The second-order valence-electron chi connectivity index (χ2n) is 6.11. The lowest BCUT2D eigenvalue weighted by Gasteiger charge is -2.10. The summed E-state index contributed by atoms with van der Waals surface area (Å²) in [6, 6.07) is 10.2. The summed E-state index contributed by atoms with van der Waals surface area (Å²) in [6.07, 6.45) is 3.26. The number of carbonyl (C=O) groups is 2. The molecule has 0 saturated carbocycles. The van der Waals surface area contributed by atoms with Crippen LogP contribution in [-0.4, -0.2) is 17.0 Å². The molecule has 0 bridgehead atoms. The van der Waals surface area contributed by atoms with Crippen molar-refractivity contribution >= 4 is 17.5 Å². The minimum absolute atomic E-state index is 0.221. The van der Waals surface area contributed by atoms with E-state index in [4.69, 9.17) is 8.94 Å². The van der Waals surface area contributed by atoms with Crippen LogP contribution in [0.5, 0.6) is 0 Å². The molecule has 2 aromatic heterocycles. The summed E-state index contributed by atoms with van der Waals surface area (Å²) in [6.45, 7) is 3.99. The van der Waals surface area contributed by atoms with Crippen molar-refractivity contribution in [1.29, 1.82) is 0 Å². The number of aryl methyl sites for hydroxylation is 2. The van der Waals surface area contributed by atoms with Gasteiger partial charge in [-0.1, -0.05) is 30.6 Å². The van der Waals surface area contributed by atoms with Crippen molar-refractivity contribution < 1.29 is 18.5 Å². The molecule has 0 aliphatic rings. The van der Waals surface area contributed by atoms with Crippen molar-refractivity contribution in [3.05, 3.63) is 71.0 Å². The molecule has 7 nitrogen and oxygen atoms in total. The first-order chi connectivity index (χ1) is 13.1. The van der Waals surface area contributed by atoms with E-state index in [9.17, 15) is 9.59 Å². The number of amides is 2. The maximum absolute atomic E-state index is 12.6.